The molecular weight excluding hydrogens is 354 g/mol. The summed E-state index contributed by atoms with van der Waals surface area (Å²) in [5, 5.41) is 0.358. The first-order valence-electron chi connectivity index (χ1n) is 6.71. The molecule has 0 unspecified atom stereocenters. The van der Waals surface area contributed by atoms with Crippen LogP contribution in [0.1, 0.15) is 12.5 Å². The fourth-order valence-corrected chi connectivity index (χ4v) is 3.66. The number of carbonyl (C=O) groups excluding carboxylic acids is 1. The molecule has 1 saturated heterocycles. The second-order valence-corrected chi connectivity index (χ2v) is 6.54. The summed E-state index contributed by atoms with van der Waals surface area (Å²) in [6, 6.07) is 3.42. The van der Waals surface area contributed by atoms with Gasteiger partial charge < -0.3 is 9.47 Å². The number of rotatable bonds is 5. The lowest BCUT2D eigenvalue weighted by Gasteiger charge is -2.12. The standard InChI is InChI=1S/C16H14ClNO3S2/c1-4-6-21-14-11(17)7-10(8-12(14)20-3)9-13-15(19)18(5-2)16(22)23-13/h1,7-9H,5-6H2,2-3H3/b13-9-. The van der Waals surface area contributed by atoms with Crippen LogP contribution in [0.15, 0.2) is 17.0 Å². The fourth-order valence-electron chi connectivity index (χ4n) is 2.00. The first kappa shape index (κ1) is 17.7. The molecule has 120 valence electrons. The Morgan fingerprint density at radius 1 is 1.52 bits per heavy atom. The molecule has 1 aromatic rings. The summed E-state index contributed by atoms with van der Waals surface area (Å²) in [5.41, 5.74) is 0.719. The number of methoxy groups -OCH3 is 1. The van der Waals surface area contributed by atoms with E-state index < -0.39 is 0 Å². The maximum absolute atomic E-state index is 12.2. The van der Waals surface area contributed by atoms with E-state index in [4.69, 9.17) is 39.7 Å². The van der Waals surface area contributed by atoms with Crippen LogP contribution in [0.2, 0.25) is 5.02 Å². The number of thioether (sulfide) groups is 1. The van der Waals surface area contributed by atoms with Crippen LogP contribution in [-0.2, 0) is 4.79 Å². The van der Waals surface area contributed by atoms with Crippen LogP contribution in [0.5, 0.6) is 11.5 Å². The maximum Gasteiger partial charge on any atom is 0.266 e. The lowest BCUT2D eigenvalue weighted by Crippen LogP contribution is -2.27. The zero-order valence-electron chi connectivity index (χ0n) is 12.6. The zero-order chi connectivity index (χ0) is 17.0. The summed E-state index contributed by atoms with van der Waals surface area (Å²) in [7, 11) is 1.51. The predicted octanol–water partition coefficient (Wildman–Crippen LogP) is 3.58. The molecule has 2 rings (SSSR count). The summed E-state index contributed by atoms with van der Waals surface area (Å²) in [5.74, 6) is 3.10. The molecule has 0 radical (unpaired) electrons. The van der Waals surface area contributed by atoms with Gasteiger partial charge in [0.15, 0.2) is 11.5 Å². The first-order valence-corrected chi connectivity index (χ1v) is 8.31. The van der Waals surface area contributed by atoms with Crippen molar-refractivity contribution in [3.05, 3.63) is 27.6 Å². The molecule has 1 fully saturated rings. The van der Waals surface area contributed by atoms with Crippen LogP contribution in [0.4, 0.5) is 0 Å². The lowest BCUT2D eigenvalue weighted by atomic mass is 10.1. The van der Waals surface area contributed by atoms with Crippen LogP contribution in [0.3, 0.4) is 0 Å². The number of amides is 1. The number of likely N-dealkylation sites (N-methyl/N-ethyl adjacent to an activating group) is 1. The molecule has 0 N–H and O–H groups in total. The van der Waals surface area contributed by atoms with E-state index in [-0.39, 0.29) is 12.5 Å². The van der Waals surface area contributed by atoms with Crippen LogP contribution in [0.25, 0.3) is 6.08 Å². The van der Waals surface area contributed by atoms with E-state index in [1.165, 1.54) is 18.9 Å². The topological polar surface area (TPSA) is 38.8 Å². The molecule has 1 aliphatic heterocycles. The smallest absolute Gasteiger partial charge is 0.266 e. The summed E-state index contributed by atoms with van der Waals surface area (Å²) in [4.78, 5) is 14.3. The van der Waals surface area contributed by atoms with E-state index in [0.29, 0.717) is 32.3 Å². The molecule has 4 nitrogen and oxygen atoms in total. The molecule has 0 aromatic heterocycles. The number of carbonyl (C=O) groups is 1. The molecule has 7 heteroatoms. The van der Waals surface area contributed by atoms with Crippen molar-refractivity contribution in [1.82, 2.24) is 4.90 Å². The third kappa shape index (κ3) is 3.81. The molecular formula is C16H14ClNO3S2. The highest BCUT2D eigenvalue weighted by molar-refractivity contribution is 8.26. The second kappa shape index (κ2) is 7.73. The van der Waals surface area contributed by atoms with Crippen molar-refractivity contribution in [3.63, 3.8) is 0 Å². The monoisotopic (exact) mass is 367 g/mol. The Hall–Kier alpha value is -1.68. The van der Waals surface area contributed by atoms with Gasteiger partial charge in [-0.2, -0.15) is 0 Å². The summed E-state index contributed by atoms with van der Waals surface area (Å²) < 4.78 is 11.2. The number of ether oxygens (including phenoxy) is 2. The van der Waals surface area contributed by atoms with Crippen LogP contribution in [0, 0.1) is 12.3 Å². The molecule has 0 bridgehead atoms. The van der Waals surface area contributed by atoms with Gasteiger partial charge in [-0.3, -0.25) is 9.69 Å². The third-order valence-corrected chi connectivity index (χ3v) is 4.70. The number of hydrogen-bond donors (Lipinski definition) is 0. The van der Waals surface area contributed by atoms with Crippen molar-refractivity contribution >= 4 is 51.9 Å². The normalized spacial score (nSPS) is 15.9. The highest BCUT2D eigenvalue weighted by atomic mass is 35.5. The first-order chi connectivity index (χ1) is 11.0. The van der Waals surface area contributed by atoms with E-state index in [1.807, 2.05) is 6.92 Å². The van der Waals surface area contributed by atoms with Crippen molar-refractivity contribution in [1.29, 1.82) is 0 Å². The SMILES string of the molecule is C#CCOc1c(Cl)cc(/C=C2\SC(=S)N(CC)C2=O)cc1OC. The average molecular weight is 368 g/mol. The van der Waals surface area contributed by atoms with E-state index >= 15 is 0 Å². The number of hydrogen-bond acceptors (Lipinski definition) is 5. The second-order valence-electron chi connectivity index (χ2n) is 4.45. The minimum Gasteiger partial charge on any atom is -0.493 e. The van der Waals surface area contributed by atoms with Gasteiger partial charge in [0, 0.05) is 6.54 Å². The van der Waals surface area contributed by atoms with E-state index in [0.717, 1.165) is 5.56 Å². The average Bonchev–Trinajstić information content (AvgIpc) is 2.79. The van der Waals surface area contributed by atoms with Gasteiger partial charge >= 0.3 is 0 Å². The quantitative estimate of drug-likeness (QED) is 0.452. The van der Waals surface area contributed by atoms with Gasteiger partial charge in [-0.1, -0.05) is 41.5 Å². The van der Waals surface area contributed by atoms with Crippen LogP contribution in [-0.4, -0.2) is 35.4 Å². The Morgan fingerprint density at radius 2 is 2.26 bits per heavy atom. The van der Waals surface area contributed by atoms with Gasteiger partial charge in [-0.25, -0.2) is 0 Å². The lowest BCUT2D eigenvalue weighted by molar-refractivity contribution is -0.121. The molecule has 1 aliphatic rings. The van der Waals surface area contributed by atoms with E-state index in [2.05, 4.69) is 5.92 Å². The molecule has 0 aliphatic carbocycles. The summed E-state index contributed by atoms with van der Waals surface area (Å²) >= 11 is 12.7. The van der Waals surface area contributed by atoms with Gasteiger partial charge in [0.25, 0.3) is 5.91 Å². The van der Waals surface area contributed by atoms with Crippen LogP contribution >= 0.6 is 35.6 Å². The predicted molar refractivity (Wildman–Crippen MR) is 97.9 cm³/mol. The van der Waals surface area contributed by atoms with Crippen LogP contribution < -0.4 is 9.47 Å². The number of terminal acetylenes is 1. The van der Waals surface area contributed by atoms with Crippen molar-refractivity contribution in [2.75, 3.05) is 20.3 Å². The summed E-state index contributed by atoms with van der Waals surface area (Å²) in [6.07, 6.45) is 6.92. The molecule has 1 heterocycles. The largest absolute Gasteiger partial charge is 0.493 e. The number of nitrogens with zero attached hydrogens (tertiary/aromatic N) is 1. The van der Waals surface area contributed by atoms with E-state index in [1.54, 1.807) is 23.1 Å². The zero-order valence-corrected chi connectivity index (χ0v) is 15.0. The minimum absolute atomic E-state index is 0.0879. The van der Waals surface area contributed by atoms with Gasteiger partial charge in [-0.05, 0) is 30.7 Å². The molecule has 0 atom stereocenters. The Bertz CT molecular complexity index is 725. The van der Waals surface area contributed by atoms with Gasteiger partial charge in [0.1, 0.15) is 10.9 Å². The van der Waals surface area contributed by atoms with Crippen molar-refractivity contribution in [2.24, 2.45) is 0 Å². The van der Waals surface area contributed by atoms with Gasteiger partial charge in [-0.15, -0.1) is 6.42 Å². The Labute approximate surface area is 149 Å². The molecule has 23 heavy (non-hydrogen) atoms. The highest BCUT2D eigenvalue weighted by Crippen LogP contribution is 2.38. The Kier molecular flexibility index (Phi) is 5.94. The number of benzene rings is 1. The Morgan fingerprint density at radius 3 is 2.83 bits per heavy atom. The number of halogens is 1. The van der Waals surface area contributed by atoms with Crippen molar-refractivity contribution in [3.8, 4) is 23.8 Å². The number of thiocarbonyl (C=S) groups is 1. The molecule has 1 aromatic carbocycles. The van der Waals surface area contributed by atoms with E-state index in [9.17, 15) is 4.79 Å². The summed E-state index contributed by atoms with van der Waals surface area (Å²) in [6.45, 7) is 2.51. The van der Waals surface area contributed by atoms with Crippen molar-refractivity contribution in [2.45, 2.75) is 6.92 Å². The highest BCUT2D eigenvalue weighted by Gasteiger charge is 2.30. The molecule has 0 saturated carbocycles. The molecule has 0 spiro atoms. The van der Waals surface area contributed by atoms with Gasteiger partial charge in [0.05, 0.1) is 17.0 Å². The molecule has 1 amide bonds. The van der Waals surface area contributed by atoms with Crippen molar-refractivity contribution < 1.29 is 14.3 Å². The minimum atomic E-state index is -0.106. The van der Waals surface area contributed by atoms with Gasteiger partial charge in [0.2, 0.25) is 0 Å². The fraction of sp³-hybridized carbons (Fsp3) is 0.250. The maximum atomic E-state index is 12.2. The Balaban J connectivity index is 2.37. The third-order valence-electron chi connectivity index (χ3n) is 3.04.